The van der Waals surface area contributed by atoms with Crippen molar-refractivity contribution in [1.82, 2.24) is 9.97 Å². The van der Waals surface area contributed by atoms with Gasteiger partial charge in [-0.3, -0.25) is 4.79 Å². The van der Waals surface area contributed by atoms with Crippen LogP contribution in [0.15, 0.2) is 42.7 Å². The van der Waals surface area contributed by atoms with Gasteiger partial charge in [0.25, 0.3) is 0 Å². The molecular weight excluding hydrogens is 216 g/mol. The van der Waals surface area contributed by atoms with Crippen LogP contribution >= 0.6 is 0 Å². The van der Waals surface area contributed by atoms with E-state index in [9.17, 15) is 4.79 Å². The van der Waals surface area contributed by atoms with E-state index in [0.29, 0.717) is 18.2 Å². The zero-order valence-electron chi connectivity index (χ0n) is 9.46. The van der Waals surface area contributed by atoms with Crippen LogP contribution in [-0.2, 0) is 6.61 Å². The van der Waals surface area contributed by atoms with E-state index in [0.717, 1.165) is 5.56 Å². The van der Waals surface area contributed by atoms with Crippen LogP contribution < -0.4 is 4.74 Å². The molecule has 1 aromatic heterocycles. The maximum Gasteiger partial charge on any atom is 0.232 e. The fourth-order valence-electron chi connectivity index (χ4n) is 1.30. The van der Waals surface area contributed by atoms with Crippen LogP contribution in [0.2, 0.25) is 0 Å². The number of nitrogens with zero attached hydrogens (tertiary/aromatic N) is 2. The number of hydrogen-bond donors (Lipinski definition) is 0. The number of hydrogen-bond acceptors (Lipinski definition) is 4. The van der Waals surface area contributed by atoms with Crippen LogP contribution in [0.1, 0.15) is 23.0 Å². The summed E-state index contributed by atoms with van der Waals surface area (Å²) < 4.78 is 5.44. The molecule has 0 unspecified atom stereocenters. The lowest BCUT2D eigenvalue weighted by molar-refractivity contribution is 0.101. The van der Waals surface area contributed by atoms with E-state index in [1.807, 2.05) is 30.3 Å². The summed E-state index contributed by atoms with van der Waals surface area (Å²) in [5.74, 6) is 0.311. The SMILES string of the molecule is CC(=O)c1cnc(OCc2ccccc2)cn1. The smallest absolute Gasteiger partial charge is 0.232 e. The highest BCUT2D eigenvalue weighted by Gasteiger charge is 2.02. The Morgan fingerprint density at radius 3 is 2.53 bits per heavy atom. The predicted octanol–water partition coefficient (Wildman–Crippen LogP) is 2.26. The zero-order chi connectivity index (χ0) is 12.1. The molecule has 2 aromatic rings. The number of ether oxygens (including phenoxy) is 1. The molecule has 0 atom stereocenters. The van der Waals surface area contributed by atoms with Crippen molar-refractivity contribution in [1.29, 1.82) is 0 Å². The highest BCUT2D eigenvalue weighted by molar-refractivity contribution is 5.91. The number of aromatic nitrogens is 2. The molecule has 17 heavy (non-hydrogen) atoms. The summed E-state index contributed by atoms with van der Waals surface area (Å²) in [5, 5.41) is 0. The van der Waals surface area contributed by atoms with Gasteiger partial charge in [-0.2, -0.15) is 0 Å². The molecular formula is C13H12N2O2. The number of carbonyl (C=O) groups is 1. The van der Waals surface area contributed by atoms with E-state index in [1.165, 1.54) is 19.3 Å². The Bertz CT molecular complexity index is 495. The first-order valence-electron chi connectivity index (χ1n) is 5.25. The third kappa shape index (κ3) is 3.11. The van der Waals surface area contributed by atoms with Crippen LogP contribution in [0, 0.1) is 0 Å². The zero-order valence-corrected chi connectivity index (χ0v) is 9.46. The third-order valence-electron chi connectivity index (χ3n) is 2.22. The molecule has 0 saturated carbocycles. The van der Waals surface area contributed by atoms with Gasteiger partial charge in [0, 0.05) is 6.92 Å². The predicted molar refractivity (Wildman–Crippen MR) is 62.8 cm³/mol. The molecule has 1 aromatic carbocycles. The Labute approximate surface area is 99.3 Å². The number of ketones is 1. The van der Waals surface area contributed by atoms with Gasteiger partial charge in [0.15, 0.2) is 5.78 Å². The summed E-state index contributed by atoms with van der Waals surface area (Å²) in [7, 11) is 0. The van der Waals surface area contributed by atoms with Crippen molar-refractivity contribution in [3.63, 3.8) is 0 Å². The highest BCUT2D eigenvalue weighted by atomic mass is 16.5. The standard InChI is InChI=1S/C13H12N2O2/c1-10(16)12-7-15-13(8-14-12)17-9-11-5-3-2-4-6-11/h2-8H,9H2,1H3. The second-order valence-corrected chi connectivity index (χ2v) is 3.57. The minimum atomic E-state index is -0.105. The maximum absolute atomic E-state index is 11.0. The second-order valence-electron chi connectivity index (χ2n) is 3.57. The lowest BCUT2D eigenvalue weighted by Crippen LogP contribution is -2.01. The minimum Gasteiger partial charge on any atom is -0.472 e. The van der Waals surface area contributed by atoms with Crippen LogP contribution in [0.3, 0.4) is 0 Å². The van der Waals surface area contributed by atoms with Gasteiger partial charge in [-0.1, -0.05) is 30.3 Å². The molecule has 0 radical (unpaired) electrons. The molecule has 0 N–H and O–H groups in total. The van der Waals surface area contributed by atoms with Crippen LogP contribution in [-0.4, -0.2) is 15.8 Å². The molecule has 0 fully saturated rings. The molecule has 0 aliphatic carbocycles. The number of rotatable bonds is 4. The van der Waals surface area contributed by atoms with Gasteiger partial charge in [0.05, 0.1) is 12.4 Å². The van der Waals surface area contributed by atoms with E-state index >= 15 is 0 Å². The first-order valence-corrected chi connectivity index (χ1v) is 5.25. The molecule has 4 nitrogen and oxygen atoms in total. The number of carbonyl (C=O) groups excluding carboxylic acids is 1. The summed E-state index contributed by atoms with van der Waals surface area (Å²) in [6.45, 7) is 1.89. The fraction of sp³-hybridized carbons (Fsp3) is 0.154. The van der Waals surface area contributed by atoms with Crippen molar-refractivity contribution in [3.8, 4) is 5.88 Å². The lowest BCUT2D eigenvalue weighted by Gasteiger charge is -2.04. The molecule has 0 saturated heterocycles. The topological polar surface area (TPSA) is 52.1 Å². The normalized spacial score (nSPS) is 9.94. The van der Waals surface area contributed by atoms with E-state index < -0.39 is 0 Å². The van der Waals surface area contributed by atoms with Gasteiger partial charge in [-0.25, -0.2) is 9.97 Å². The van der Waals surface area contributed by atoms with Crippen molar-refractivity contribution in [3.05, 3.63) is 54.0 Å². The van der Waals surface area contributed by atoms with E-state index in [1.54, 1.807) is 0 Å². The van der Waals surface area contributed by atoms with Crippen LogP contribution in [0.4, 0.5) is 0 Å². The van der Waals surface area contributed by atoms with Crippen molar-refractivity contribution in [2.45, 2.75) is 13.5 Å². The molecule has 86 valence electrons. The summed E-state index contributed by atoms with van der Waals surface area (Å²) in [6.07, 6.45) is 2.88. The molecule has 0 bridgehead atoms. The molecule has 0 spiro atoms. The first kappa shape index (κ1) is 11.3. The monoisotopic (exact) mass is 228 g/mol. The largest absolute Gasteiger partial charge is 0.472 e. The van der Waals surface area contributed by atoms with Gasteiger partial charge in [-0.05, 0) is 5.56 Å². The molecule has 0 amide bonds. The Hall–Kier alpha value is -2.23. The molecule has 4 heteroatoms. The highest BCUT2D eigenvalue weighted by Crippen LogP contribution is 2.08. The Morgan fingerprint density at radius 2 is 1.94 bits per heavy atom. The fourth-order valence-corrected chi connectivity index (χ4v) is 1.30. The quantitative estimate of drug-likeness (QED) is 0.753. The van der Waals surface area contributed by atoms with Crippen LogP contribution in [0.5, 0.6) is 5.88 Å². The van der Waals surface area contributed by atoms with Crippen molar-refractivity contribution in [2.24, 2.45) is 0 Å². The van der Waals surface area contributed by atoms with E-state index in [4.69, 9.17) is 4.74 Å². The van der Waals surface area contributed by atoms with Gasteiger partial charge in [-0.15, -0.1) is 0 Å². The van der Waals surface area contributed by atoms with Gasteiger partial charge < -0.3 is 4.74 Å². The Balaban J connectivity index is 1.98. The summed E-state index contributed by atoms with van der Waals surface area (Å²) in [5.41, 5.74) is 1.40. The maximum atomic E-state index is 11.0. The van der Waals surface area contributed by atoms with Crippen molar-refractivity contribution < 1.29 is 9.53 Å². The molecule has 2 rings (SSSR count). The average molecular weight is 228 g/mol. The number of benzene rings is 1. The Morgan fingerprint density at radius 1 is 1.18 bits per heavy atom. The van der Waals surface area contributed by atoms with E-state index in [-0.39, 0.29) is 5.78 Å². The molecule has 1 heterocycles. The lowest BCUT2D eigenvalue weighted by atomic mass is 10.2. The summed E-state index contributed by atoms with van der Waals surface area (Å²) in [4.78, 5) is 19.0. The van der Waals surface area contributed by atoms with E-state index in [2.05, 4.69) is 9.97 Å². The minimum absolute atomic E-state index is 0.105. The second kappa shape index (κ2) is 5.21. The summed E-state index contributed by atoms with van der Waals surface area (Å²) >= 11 is 0. The van der Waals surface area contributed by atoms with Gasteiger partial charge in [0.2, 0.25) is 5.88 Å². The van der Waals surface area contributed by atoms with Gasteiger partial charge >= 0.3 is 0 Å². The van der Waals surface area contributed by atoms with Crippen molar-refractivity contribution in [2.75, 3.05) is 0 Å². The average Bonchev–Trinajstić information content (AvgIpc) is 2.38. The molecule has 0 aliphatic rings. The van der Waals surface area contributed by atoms with Crippen molar-refractivity contribution >= 4 is 5.78 Å². The summed E-state index contributed by atoms with van der Waals surface area (Å²) in [6, 6.07) is 9.78. The first-order chi connectivity index (χ1) is 8.25. The number of Topliss-reactive ketones (excluding diaryl/α,β-unsaturated/α-hetero) is 1. The van der Waals surface area contributed by atoms with Gasteiger partial charge in [0.1, 0.15) is 12.3 Å². The van der Waals surface area contributed by atoms with Crippen LogP contribution in [0.25, 0.3) is 0 Å². The third-order valence-corrected chi connectivity index (χ3v) is 2.22. The Kier molecular flexibility index (Phi) is 3.45. The molecule has 0 aliphatic heterocycles.